The van der Waals surface area contributed by atoms with Crippen molar-refractivity contribution in [3.8, 4) is 0 Å². The van der Waals surface area contributed by atoms with Gasteiger partial charge >= 0.3 is 0 Å². The van der Waals surface area contributed by atoms with Crippen LogP contribution in [0, 0.1) is 5.92 Å². The zero-order valence-electron chi connectivity index (χ0n) is 11.8. The maximum absolute atomic E-state index is 4.73. The maximum Gasteiger partial charge on any atom is 0.0875 e. The lowest BCUT2D eigenvalue weighted by atomic mass is 9.94. The van der Waals surface area contributed by atoms with Crippen LogP contribution in [0.3, 0.4) is 0 Å². The second-order valence-electron chi connectivity index (χ2n) is 4.95. The van der Waals surface area contributed by atoms with Crippen molar-refractivity contribution in [2.24, 2.45) is 13.0 Å². The average Bonchev–Trinajstić information content (AvgIpc) is 2.73. The SMILES string of the molecule is CCNC(c1nn(C)c2ccccc12)C(C)CC. The average molecular weight is 245 g/mol. The molecule has 1 N–H and O–H groups in total. The zero-order valence-corrected chi connectivity index (χ0v) is 11.8. The van der Waals surface area contributed by atoms with Gasteiger partial charge < -0.3 is 5.32 Å². The van der Waals surface area contributed by atoms with Crippen molar-refractivity contribution in [1.29, 1.82) is 0 Å². The van der Waals surface area contributed by atoms with Crippen LogP contribution in [0.1, 0.15) is 38.9 Å². The molecule has 0 fully saturated rings. The van der Waals surface area contributed by atoms with Gasteiger partial charge in [-0.2, -0.15) is 5.10 Å². The molecule has 98 valence electrons. The molecule has 3 nitrogen and oxygen atoms in total. The van der Waals surface area contributed by atoms with Crippen molar-refractivity contribution in [2.45, 2.75) is 33.2 Å². The summed E-state index contributed by atoms with van der Waals surface area (Å²) in [5, 5.41) is 9.58. The molecule has 2 atom stereocenters. The van der Waals surface area contributed by atoms with E-state index in [1.807, 2.05) is 11.7 Å². The molecule has 0 aliphatic heterocycles. The lowest BCUT2D eigenvalue weighted by Gasteiger charge is -2.22. The predicted octanol–water partition coefficient (Wildman–Crippen LogP) is 3.27. The summed E-state index contributed by atoms with van der Waals surface area (Å²) in [5.41, 5.74) is 2.39. The third-order valence-corrected chi connectivity index (χ3v) is 3.72. The van der Waals surface area contributed by atoms with Gasteiger partial charge in [0.1, 0.15) is 0 Å². The van der Waals surface area contributed by atoms with Crippen LogP contribution in [0.15, 0.2) is 24.3 Å². The molecule has 2 unspecified atom stereocenters. The summed E-state index contributed by atoms with van der Waals surface area (Å²) in [5.74, 6) is 0.586. The lowest BCUT2D eigenvalue weighted by molar-refractivity contribution is 0.376. The van der Waals surface area contributed by atoms with Gasteiger partial charge in [-0.25, -0.2) is 0 Å². The second kappa shape index (κ2) is 5.53. The van der Waals surface area contributed by atoms with E-state index in [1.54, 1.807) is 0 Å². The number of nitrogens with zero attached hydrogens (tertiary/aromatic N) is 2. The van der Waals surface area contributed by atoms with Gasteiger partial charge in [0.05, 0.1) is 17.3 Å². The van der Waals surface area contributed by atoms with Crippen molar-refractivity contribution in [2.75, 3.05) is 6.54 Å². The van der Waals surface area contributed by atoms with E-state index >= 15 is 0 Å². The molecule has 0 radical (unpaired) electrons. The van der Waals surface area contributed by atoms with Crippen molar-refractivity contribution in [3.63, 3.8) is 0 Å². The summed E-state index contributed by atoms with van der Waals surface area (Å²) in [4.78, 5) is 0. The largest absolute Gasteiger partial charge is 0.309 e. The molecular weight excluding hydrogens is 222 g/mol. The Kier molecular flexibility index (Phi) is 4.02. The van der Waals surface area contributed by atoms with Crippen molar-refractivity contribution in [1.82, 2.24) is 15.1 Å². The third kappa shape index (κ3) is 2.27. The minimum atomic E-state index is 0.339. The van der Waals surface area contributed by atoms with Gasteiger partial charge in [0.15, 0.2) is 0 Å². The maximum atomic E-state index is 4.73. The topological polar surface area (TPSA) is 29.9 Å². The van der Waals surface area contributed by atoms with Crippen LogP contribution in [0.5, 0.6) is 0 Å². The number of aromatic nitrogens is 2. The van der Waals surface area contributed by atoms with E-state index < -0.39 is 0 Å². The first-order valence-electron chi connectivity index (χ1n) is 6.84. The highest BCUT2D eigenvalue weighted by molar-refractivity contribution is 5.82. The second-order valence-corrected chi connectivity index (χ2v) is 4.95. The molecule has 1 heterocycles. The Labute approximate surface area is 109 Å². The fourth-order valence-corrected chi connectivity index (χ4v) is 2.49. The smallest absolute Gasteiger partial charge is 0.0875 e. The molecule has 0 bridgehead atoms. The molecule has 0 aliphatic rings. The Balaban J connectivity index is 2.50. The number of para-hydroxylation sites is 1. The molecular formula is C15H23N3. The molecule has 0 saturated carbocycles. The number of benzene rings is 1. The Morgan fingerprint density at radius 3 is 2.67 bits per heavy atom. The highest BCUT2D eigenvalue weighted by Crippen LogP contribution is 2.29. The van der Waals surface area contributed by atoms with E-state index in [1.165, 1.54) is 16.6 Å². The summed E-state index contributed by atoms with van der Waals surface area (Å²) in [6.07, 6.45) is 1.16. The number of hydrogen-bond acceptors (Lipinski definition) is 2. The normalized spacial score (nSPS) is 14.9. The summed E-state index contributed by atoms with van der Waals surface area (Å²) >= 11 is 0. The van der Waals surface area contributed by atoms with E-state index in [4.69, 9.17) is 5.10 Å². The minimum Gasteiger partial charge on any atom is -0.309 e. The van der Waals surface area contributed by atoms with Gasteiger partial charge in [-0.15, -0.1) is 0 Å². The molecule has 0 aliphatic carbocycles. The molecule has 0 spiro atoms. The highest BCUT2D eigenvalue weighted by Gasteiger charge is 2.22. The molecule has 0 amide bonds. The summed E-state index contributed by atoms with van der Waals surface area (Å²) in [6, 6.07) is 8.80. The van der Waals surface area contributed by atoms with Crippen molar-refractivity contribution >= 4 is 10.9 Å². The fourth-order valence-electron chi connectivity index (χ4n) is 2.49. The molecule has 3 heteroatoms. The van der Waals surface area contributed by atoms with E-state index in [0.29, 0.717) is 12.0 Å². The van der Waals surface area contributed by atoms with Crippen LogP contribution in [0.4, 0.5) is 0 Å². The van der Waals surface area contributed by atoms with Crippen molar-refractivity contribution in [3.05, 3.63) is 30.0 Å². The van der Waals surface area contributed by atoms with Gasteiger partial charge in [-0.05, 0) is 18.5 Å². The Hall–Kier alpha value is -1.35. The monoisotopic (exact) mass is 245 g/mol. The first-order valence-corrected chi connectivity index (χ1v) is 6.84. The van der Waals surface area contributed by atoms with Gasteiger partial charge in [-0.3, -0.25) is 4.68 Å². The number of hydrogen-bond donors (Lipinski definition) is 1. The van der Waals surface area contributed by atoms with Gasteiger partial charge in [0, 0.05) is 12.4 Å². The number of fused-ring (bicyclic) bond motifs is 1. The molecule has 0 saturated heterocycles. The van der Waals surface area contributed by atoms with E-state index in [9.17, 15) is 0 Å². The van der Waals surface area contributed by atoms with Gasteiger partial charge in [0.2, 0.25) is 0 Å². The van der Waals surface area contributed by atoms with Crippen LogP contribution < -0.4 is 5.32 Å². The quantitative estimate of drug-likeness (QED) is 0.876. The standard InChI is InChI=1S/C15H23N3/c1-5-11(3)14(16-6-2)15-12-9-7-8-10-13(12)18(4)17-15/h7-11,14,16H,5-6H2,1-4H3. The number of aryl methyl sites for hydroxylation is 1. The fraction of sp³-hybridized carbons (Fsp3) is 0.533. The Morgan fingerprint density at radius 1 is 1.28 bits per heavy atom. The van der Waals surface area contributed by atoms with Crippen LogP contribution in [-0.2, 0) is 7.05 Å². The number of nitrogens with one attached hydrogen (secondary N) is 1. The van der Waals surface area contributed by atoms with Crippen LogP contribution in [-0.4, -0.2) is 16.3 Å². The van der Waals surface area contributed by atoms with E-state index in [2.05, 4.69) is 50.4 Å². The van der Waals surface area contributed by atoms with Crippen LogP contribution in [0.2, 0.25) is 0 Å². The minimum absolute atomic E-state index is 0.339. The summed E-state index contributed by atoms with van der Waals surface area (Å²) in [7, 11) is 2.02. The first kappa shape index (κ1) is 13.1. The Bertz CT molecular complexity index is 515. The molecule has 2 rings (SSSR count). The molecule has 18 heavy (non-hydrogen) atoms. The van der Waals surface area contributed by atoms with E-state index in [-0.39, 0.29) is 0 Å². The van der Waals surface area contributed by atoms with E-state index in [0.717, 1.165) is 13.0 Å². The predicted molar refractivity (Wildman–Crippen MR) is 76.6 cm³/mol. The molecule has 1 aromatic heterocycles. The zero-order chi connectivity index (χ0) is 13.1. The summed E-state index contributed by atoms with van der Waals surface area (Å²) in [6.45, 7) is 7.65. The third-order valence-electron chi connectivity index (χ3n) is 3.72. The van der Waals surface area contributed by atoms with Crippen LogP contribution in [0.25, 0.3) is 10.9 Å². The Morgan fingerprint density at radius 2 is 2.00 bits per heavy atom. The lowest BCUT2D eigenvalue weighted by Crippen LogP contribution is -2.27. The molecule has 1 aromatic carbocycles. The van der Waals surface area contributed by atoms with Crippen LogP contribution >= 0.6 is 0 Å². The summed E-state index contributed by atoms with van der Waals surface area (Å²) < 4.78 is 1.98. The van der Waals surface area contributed by atoms with Crippen molar-refractivity contribution < 1.29 is 0 Å². The first-order chi connectivity index (χ1) is 8.69. The number of rotatable bonds is 5. The molecule has 2 aromatic rings. The van der Waals surface area contributed by atoms with Gasteiger partial charge in [-0.1, -0.05) is 45.4 Å². The highest BCUT2D eigenvalue weighted by atomic mass is 15.3. The van der Waals surface area contributed by atoms with Gasteiger partial charge in [0.25, 0.3) is 0 Å².